The maximum absolute atomic E-state index is 12.0. The van der Waals surface area contributed by atoms with Gasteiger partial charge >= 0.3 is 0 Å². The van der Waals surface area contributed by atoms with Gasteiger partial charge in [0.05, 0.1) is 12.9 Å². The molecule has 0 unspecified atom stereocenters. The van der Waals surface area contributed by atoms with Crippen LogP contribution < -0.4 is 10.1 Å². The van der Waals surface area contributed by atoms with E-state index in [4.69, 9.17) is 4.74 Å². The summed E-state index contributed by atoms with van der Waals surface area (Å²) in [5.74, 6) is 0.833. The Morgan fingerprint density at radius 3 is 2.52 bits per heavy atom. The van der Waals surface area contributed by atoms with Crippen LogP contribution in [-0.2, 0) is 0 Å². The highest BCUT2D eigenvalue weighted by atomic mass is 79.9. The first-order valence-electron chi connectivity index (χ1n) is 8.97. The number of aromatic nitrogens is 2. The van der Waals surface area contributed by atoms with E-state index >= 15 is 0 Å². The number of amides is 1. The van der Waals surface area contributed by atoms with Gasteiger partial charge in [0.2, 0.25) is 0 Å². The molecule has 0 spiro atoms. The van der Waals surface area contributed by atoms with E-state index in [1.807, 2.05) is 59.3 Å². The number of nitrogens with zero attached hydrogens (tertiary/aromatic N) is 2. The number of carbonyl (C=O) groups is 1. The minimum Gasteiger partial charge on any atom is -0.494 e. The molecule has 3 rings (SSSR count). The topological polar surface area (TPSA) is 56.1 Å². The van der Waals surface area contributed by atoms with Crippen LogP contribution in [-0.4, -0.2) is 28.6 Å². The van der Waals surface area contributed by atoms with Crippen LogP contribution in [0.15, 0.2) is 71.7 Å². The standard InChI is InChI=1S/C21H22BrN3O2/c22-18-6-4-17(5-7-18)21(26)24-12-2-1-3-15-27-20-10-8-19(9-11-20)25-14-13-23-16-25/h4-11,13-14,16H,1-3,12,15H2,(H,24,26). The van der Waals surface area contributed by atoms with Crippen LogP contribution >= 0.6 is 15.9 Å². The lowest BCUT2D eigenvalue weighted by Crippen LogP contribution is -2.24. The number of imidazole rings is 1. The first kappa shape index (κ1) is 19.2. The van der Waals surface area contributed by atoms with Crippen molar-refractivity contribution in [2.45, 2.75) is 19.3 Å². The highest BCUT2D eigenvalue weighted by Gasteiger charge is 2.04. The van der Waals surface area contributed by atoms with Crippen molar-refractivity contribution in [3.63, 3.8) is 0 Å². The number of unbranched alkanes of at least 4 members (excludes halogenated alkanes) is 2. The predicted octanol–water partition coefficient (Wildman–Crippen LogP) is 4.61. The summed E-state index contributed by atoms with van der Waals surface area (Å²) in [7, 11) is 0. The Kier molecular flexibility index (Phi) is 7.04. The van der Waals surface area contributed by atoms with E-state index in [0.717, 1.165) is 35.2 Å². The summed E-state index contributed by atoms with van der Waals surface area (Å²) in [6.07, 6.45) is 8.33. The van der Waals surface area contributed by atoms with E-state index < -0.39 is 0 Å². The molecule has 1 amide bonds. The van der Waals surface area contributed by atoms with Gasteiger partial charge in [-0.2, -0.15) is 0 Å². The third-order valence-corrected chi connectivity index (χ3v) is 4.65. The molecule has 2 aromatic carbocycles. The maximum Gasteiger partial charge on any atom is 0.251 e. The molecule has 1 aromatic heterocycles. The average molecular weight is 428 g/mol. The predicted molar refractivity (Wildman–Crippen MR) is 109 cm³/mol. The highest BCUT2D eigenvalue weighted by Crippen LogP contribution is 2.15. The largest absolute Gasteiger partial charge is 0.494 e. The molecule has 140 valence electrons. The molecule has 0 saturated carbocycles. The summed E-state index contributed by atoms with van der Waals surface area (Å²) in [6.45, 7) is 1.35. The molecule has 6 heteroatoms. The lowest BCUT2D eigenvalue weighted by molar-refractivity contribution is 0.0953. The summed E-state index contributed by atoms with van der Waals surface area (Å²) >= 11 is 3.36. The molecule has 0 saturated heterocycles. The quantitative estimate of drug-likeness (QED) is 0.507. The summed E-state index contributed by atoms with van der Waals surface area (Å²) in [6, 6.07) is 15.3. The zero-order chi connectivity index (χ0) is 18.9. The molecule has 27 heavy (non-hydrogen) atoms. The van der Waals surface area contributed by atoms with Gasteiger partial charge in [-0.15, -0.1) is 0 Å². The molecule has 0 bridgehead atoms. The number of nitrogens with one attached hydrogen (secondary N) is 1. The molecule has 5 nitrogen and oxygen atoms in total. The Hall–Kier alpha value is -2.60. The van der Waals surface area contributed by atoms with E-state index in [2.05, 4.69) is 26.2 Å². The first-order valence-corrected chi connectivity index (χ1v) is 9.76. The van der Waals surface area contributed by atoms with Crippen molar-refractivity contribution < 1.29 is 9.53 Å². The number of carbonyl (C=O) groups excluding carboxylic acids is 1. The van der Waals surface area contributed by atoms with Gasteiger partial charge in [-0.25, -0.2) is 4.98 Å². The fourth-order valence-corrected chi connectivity index (χ4v) is 2.89. The van der Waals surface area contributed by atoms with Gasteiger partial charge in [0.25, 0.3) is 5.91 Å². The molecule has 0 aliphatic heterocycles. The number of hydrogen-bond acceptors (Lipinski definition) is 3. The second-order valence-electron chi connectivity index (χ2n) is 6.14. The third-order valence-electron chi connectivity index (χ3n) is 4.12. The van der Waals surface area contributed by atoms with Crippen LogP contribution in [0.4, 0.5) is 0 Å². The molecule has 0 aliphatic rings. The van der Waals surface area contributed by atoms with Crippen LogP contribution in [0.25, 0.3) is 5.69 Å². The fraction of sp³-hybridized carbons (Fsp3) is 0.238. The van der Waals surface area contributed by atoms with Crippen molar-refractivity contribution in [3.8, 4) is 11.4 Å². The van der Waals surface area contributed by atoms with E-state index in [9.17, 15) is 4.79 Å². The zero-order valence-corrected chi connectivity index (χ0v) is 16.6. The number of halogens is 1. The van der Waals surface area contributed by atoms with Gasteiger partial charge in [-0.1, -0.05) is 15.9 Å². The maximum atomic E-state index is 12.0. The average Bonchev–Trinajstić information content (AvgIpc) is 3.23. The first-order chi connectivity index (χ1) is 13.2. The van der Waals surface area contributed by atoms with Gasteiger partial charge in [-0.05, 0) is 67.8 Å². The van der Waals surface area contributed by atoms with E-state index in [0.29, 0.717) is 18.7 Å². The minimum absolute atomic E-state index is 0.0308. The van der Waals surface area contributed by atoms with Gasteiger partial charge in [-0.3, -0.25) is 4.79 Å². The molecule has 0 fully saturated rings. The normalized spacial score (nSPS) is 10.6. The van der Waals surface area contributed by atoms with Crippen molar-refractivity contribution in [2.24, 2.45) is 0 Å². The van der Waals surface area contributed by atoms with Crippen LogP contribution in [0, 0.1) is 0 Å². The monoisotopic (exact) mass is 427 g/mol. The second kappa shape index (κ2) is 9.92. The number of hydrogen-bond donors (Lipinski definition) is 1. The molecule has 0 atom stereocenters. The smallest absolute Gasteiger partial charge is 0.251 e. The highest BCUT2D eigenvalue weighted by molar-refractivity contribution is 9.10. The fourth-order valence-electron chi connectivity index (χ4n) is 2.63. The van der Waals surface area contributed by atoms with Crippen LogP contribution in [0.5, 0.6) is 5.75 Å². The Balaban J connectivity index is 1.28. The van der Waals surface area contributed by atoms with Crippen molar-refractivity contribution in [2.75, 3.05) is 13.2 Å². The van der Waals surface area contributed by atoms with Crippen LogP contribution in [0.2, 0.25) is 0 Å². The lowest BCUT2D eigenvalue weighted by Gasteiger charge is -2.08. The van der Waals surface area contributed by atoms with Crippen molar-refractivity contribution in [1.29, 1.82) is 0 Å². The van der Waals surface area contributed by atoms with Crippen molar-refractivity contribution in [3.05, 3.63) is 77.3 Å². The third kappa shape index (κ3) is 5.96. The molecule has 0 radical (unpaired) electrons. The van der Waals surface area contributed by atoms with Gasteiger partial charge in [0.15, 0.2) is 0 Å². The van der Waals surface area contributed by atoms with Crippen LogP contribution in [0.1, 0.15) is 29.6 Å². The molecule has 1 N–H and O–H groups in total. The molecule has 1 heterocycles. The van der Waals surface area contributed by atoms with Crippen LogP contribution in [0.3, 0.4) is 0 Å². The zero-order valence-electron chi connectivity index (χ0n) is 15.0. The Labute approximate surface area is 167 Å². The molecular weight excluding hydrogens is 406 g/mol. The molecule has 3 aromatic rings. The number of ether oxygens (including phenoxy) is 1. The van der Waals surface area contributed by atoms with Gasteiger partial charge in [0.1, 0.15) is 5.75 Å². The van der Waals surface area contributed by atoms with Gasteiger partial charge < -0.3 is 14.6 Å². The molecular formula is C21H22BrN3O2. The van der Waals surface area contributed by atoms with Crippen molar-refractivity contribution in [1.82, 2.24) is 14.9 Å². The summed E-state index contributed by atoms with van der Waals surface area (Å²) < 4.78 is 8.69. The Bertz CT molecular complexity index is 831. The van der Waals surface area contributed by atoms with E-state index in [1.54, 1.807) is 12.5 Å². The van der Waals surface area contributed by atoms with Crippen molar-refractivity contribution >= 4 is 21.8 Å². The summed E-state index contributed by atoms with van der Waals surface area (Å²) in [5, 5.41) is 2.94. The molecule has 0 aliphatic carbocycles. The minimum atomic E-state index is -0.0308. The van der Waals surface area contributed by atoms with E-state index in [-0.39, 0.29) is 5.91 Å². The summed E-state index contributed by atoms with van der Waals surface area (Å²) in [4.78, 5) is 16.0. The number of rotatable bonds is 9. The lowest BCUT2D eigenvalue weighted by atomic mass is 10.2. The van der Waals surface area contributed by atoms with E-state index in [1.165, 1.54) is 0 Å². The number of benzene rings is 2. The Morgan fingerprint density at radius 2 is 1.81 bits per heavy atom. The Morgan fingerprint density at radius 1 is 1.04 bits per heavy atom. The van der Waals surface area contributed by atoms with Gasteiger partial charge in [0, 0.05) is 34.7 Å². The SMILES string of the molecule is O=C(NCCCCCOc1ccc(-n2ccnc2)cc1)c1ccc(Br)cc1. The second-order valence-corrected chi connectivity index (χ2v) is 7.05. The summed E-state index contributed by atoms with van der Waals surface area (Å²) in [5.41, 5.74) is 1.74.